The number of ether oxygens (including phenoxy) is 2. The first-order chi connectivity index (χ1) is 10.8. The third-order valence-electron chi connectivity index (χ3n) is 3.43. The van der Waals surface area contributed by atoms with E-state index in [2.05, 4.69) is 15.4 Å². The highest BCUT2D eigenvalue weighted by atomic mass is 16.7. The average Bonchev–Trinajstić information content (AvgIpc) is 3.17. The first-order valence-electron chi connectivity index (χ1n) is 7.29. The van der Waals surface area contributed by atoms with Crippen LogP contribution in [-0.2, 0) is 17.8 Å². The molecule has 0 spiro atoms. The van der Waals surface area contributed by atoms with Gasteiger partial charge in [-0.1, -0.05) is 6.07 Å². The molecule has 7 heteroatoms. The molecule has 2 aromatic rings. The minimum Gasteiger partial charge on any atom is -0.454 e. The normalized spacial score (nSPS) is 12.4. The molecule has 1 amide bonds. The number of fused-ring (bicyclic) bond motifs is 1. The van der Waals surface area contributed by atoms with Gasteiger partial charge in [0.2, 0.25) is 12.7 Å². The molecule has 0 saturated heterocycles. The van der Waals surface area contributed by atoms with Crippen molar-refractivity contribution in [3.63, 3.8) is 0 Å². The maximum atomic E-state index is 11.7. The van der Waals surface area contributed by atoms with Gasteiger partial charge in [-0.3, -0.25) is 9.48 Å². The number of nitrogens with one attached hydrogen (secondary N) is 1. The molecule has 3 rings (SSSR count). The van der Waals surface area contributed by atoms with E-state index in [0.717, 1.165) is 29.9 Å². The summed E-state index contributed by atoms with van der Waals surface area (Å²) in [6.45, 7) is 1.60. The predicted molar refractivity (Wildman–Crippen MR) is 78.5 cm³/mol. The highest BCUT2D eigenvalue weighted by Crippen LogP contribution is 2.32. The lowest BCUT2D eigenvalue weighted by atomic mass is 10.1. The highest BCUT2D eigenvalue weighted by Gasteiger charge is 2.13. The number of benzene rings is 1. The minimum absolute atomic E-state index is 0.0564. The number of carbonyl (C=O) groups excluding carboxylic acids is 1. The molecule has 22 heavy (non-hydrogen) atoms. The lowest BCUT2D eigenvalue weighted by Gasteiger charge is -2.06. The fourth-order valence-electron chi connectivity index (χ4n) is 2.28. The SMILES string of the molecule is O=C(CCCn1cncn1)NCCc1ccc2c(c1)OCO2. The number of aryl methyl sites for hydroxylation is 1. The van der Waals surface area contributed by atoms with E-state index in [1.165, 1.54) is 6.33 Å². The van der Waals surface area contributed by atoms with E-state index in [1.54, 1.807) is 11.0 Å². The fraction of sp³-hybridized carbons (Fsp3) is 0.400. The van der Waals surface area contributed by atoms with Crippen molar-refractivity contribution in [1.82, 2.24) is 20.1 Å². The van der Waals surface area contributed by atoms with Gasteiger partial charge in [0.15, 0.2) is 11.5 Å². The summed E-state index contributed by atoms with van der Waals surface area (Å²) in [6.07, 6.45) is 5.15. The first kappa shape index (κ1) is 14.4. The van der Waals surface area contributed by atoms with Crippen molar-refractivity contribution in [2.45, 2.75) is 25.8 Å². The van der Waals surface area contributed by atoms with Crippen LogP contribution in [0.3, 0.4) is 0 Å². The molecule has 0 radical (unpaired) electrons. The van der Waals surface area contributed by atoms with Gasteiger partial charge in [0.25, 0.3) is 0 Å². The van der Waals surface area contributed by atoms with Crippen LogP contribution in [0.25, 0.3) is 0 Å². The molecule has 0 fully saturated rings. The summed E-state index contributed by atoms with van der Waals surface area (Å²) in [5.74, 6) is 1.61. The zero-order valence-corrected chi connectivity index (χ0v) is 12.2. The van der Waals surface area contributed by atoms with E-state index in [0.29, 0.717) is 19.5 Å². The third kappa shape index (κ3) is 3.75. The largest absolute Gasteiger partial charge is 0.454 e. The number of hydrogen-bond donors (Lipinski definition) is 1. The Morgan fingerprint density at radius 1 is 1.32 bits per heavy atom. The maximum Gasteiger partial charge on any atom is 0.231 e. The Kier molecular flexibility index (Phi) is 4.53. The van der Waals surface area contributed by atoms with Crippen molar-refractivity contribution in [3.05, 3.63) is 36.4 Å². The Hall–Kier alpha value is -2.57. The Balaban J connectivity index is 1.35. The van der Waals surface area contributed by atoms with Crippen molar-refractivity contribution in [2.75, 3.05) is 13.3 Å². The second-order valence-electron chi connectivity index (χ2n) is 5.05. The van der Waals surface area contributed by atoms with Crippen LogP contribution >= 0.6 is 0 Å². The summed E-state index contributed by atoms with van der Waals surface area (Å²) in [4.78, 5) is 15.6. The smallest absolute Gasteiger partial charge is 0.231 e. The van der Waals surface area contributed by atoms with Gasteiger partial charge in [0.05, 0.1) is 0 Å². The second kappa shape index (κ2) is 6.93. The minimum atomic E-state index is 0.0564. The molecule has 116 valence electrons. The van der Waals surface area contributed by atoms with Crippen LogP contribution in [0.5, 0.6) is 11.5 Å². The van der Waals surface area contributed by atoms with E-state index < -0.39 is 0 Å². The number of hydrogen-bond acceptors (Lipinski definition) is 5. The van der Waals surface area contributed by atoms with Crippen LogP contribution in [0, 0.1) is 0 Å². The summed E-state index contributed by atoms with van der Waals surface area (Å²) >= 11 is 0. The maximum absolute atomic E-state index is 11.7. The molecule has 7 nitrogen and oxygen atoms in total. The molecule has 1 aromatic heterocycles. The topological polar surface area (TPSA) is 78.3 Å². The van der Waals surface area contributed by atoms with Crippen LogP contribution in [0.15, 0.2) is 30.9 Å². The van der Waals surface area contributed by atoms with E-state index in [1.807, 2.05) is 18.2 Å². The van der Waals surface area contributed by atoms with E-state index in [-0.39, 0.29) is 12.7 Å². The molecule has 0 atom stereocenters. The van der Waals surface area contributed by atoms with Gasteiger partial charge < -0.3 is 14.8 Å². The molecule has 1 aliphatic rings. The van der Waals surface area contributed by atoms with Crippen molar-refractivity contribution in [3.8, 4) is 11.5 Å². The number of aromatic nitrogens is 3. The first-order valence-corrected chi connectivity index (χ1v) is 7.29. The Bertz CT molecular complexity index is 628. The average molecular weight is 302 g/mol. The molecular weight excluding hydrogens is 284 g/mol. The molecule has 1 N–H and O–H groups in total. The molecule has 2 heterocycles. The van der Waals surface area contributed by atoms with Crippen LogP contribution in [0.4, 0.5) is 0 Å². The van der Waals surface area contributed by atoms with E-state index >= 15 is 0 Å². The quantitative estimate of drug-likeness (QED) is 0.830. The monoisotopic (exact) mass is 302 g/mol. The number of nitrogens with zero attached hydrogens (tertiary/aromatic N) is 3. The van der Waals surface area contributed by atoms with Crippen molar-refractivity contribution >= 4 is 5.91 Å². The van der Waals surface area contributed by atoms with Crippen molar-refractivity contribution in [2.24, 2.45) is 0 Å². The summed E-state index contributed by atoms with van der Waals surface area (Å²) < 4.78 is 12.3. The number of carbonyl (C=O) groups is 1. The Morgan fingerprint density at radius 2 is 2.23 bits per heavy atom. The molecule has 0 saturated carbocycles. The number of amides is 1. The molecular formula is C15H18N4O3. The fourth-order valence-corrected chi connectivity index (χ4v) is 2.28. The van der Waals surface area contributed by atoms with Crippen molar-refractivity contribution < 1.29 is 14.3 Å². The lowest BCUT2D eigenvalue weighted by Crippen LogP contribution is -2.25. The summed E-state index contributed by atoms with van der Waals surface area (Å²) in [5, 5.41) is 6.92. The van der Waals surface area contributed by atoms with E-state index in [4.69, 9.17) is 9.47 Å². The lowest BCUT2D eigenvalue weighted by molar-refractivity contribution is -0.121. The van der Waals surface area contributed by atoms with Crippen LogP contribution in [-0.4, -0.2) is 34.0 Å². The molecule has 1 aromatic carbocycles. The van der Waals surface area contributed by atoms with E-state index in [9.17, 15) is 4.79 Å². The second-order valence-corrected chi connectivity index (χ2v) is 5.05. The summed E-state index contributed by atoms with van der Waals surface area (Å²) in [6, 6.07) is 5.85. The van der Waals surface area contributed by atoms with Gasteiger partial charge >= 0.3 is 0 Å². The standard InChI is InChI=1S/C15H18N4O3/c20-15(2-1-7-19-10-16-9-18-19)17-6-5-12-3-4-13-14(8-12)22-11-21-13/h3-4,8-10H,1-2,5-7,11H2,(H,17,20). The van der Waals surface area contributed by atoms with Crippen LogP contribution in [0.1, 0.15) is 18.4 Å². The highest BCUT2D eigenvalue weighted by molar-refractivity contribution is 5.75. The Morgan fingerprint density at radius 3 is 3.09 bits per heavy atom. The van der Waals surface area contributed by atoms with Crippen molar-refractivity contribution in [1.29, 1.82) is 0 Å². The van der Waals surface area contributed by atoms with Gasteiger partial charge in [0.1, 0.15) is 12.7 Å². The Labute approximate surface area is 128 Å². The zero-order valence-electron chi connectivity index (χ0n) is 12.2. The molecule has 0 bridgehead atoms. The zero-order chi connectivity index (χ0) is 15.2. The summed E-state index contributed by atoms with van der Waals surface area (Å²) in [5.41, 5.74) is 1.12. The molecule has 1 aliphatic heterocycles. The van der Waals surface area contributed by atoms with Gasteiger partial charge in [-0.15, -0.1) is 0 Å². The van der Waals surface area contributed by atoms with Crippen LogP contribution < -0.4 is 14.8 Å². The number of rotatable bonds is 7. The third-order valence-corrected chi connectivity index (χ3v) is 3.43. The van der Waals surface area contributed by atoms with Gasteiger partial charge in [-0.25, -0.2) is 4.98 Å². The van der Waals surface area contributed by atoms with Gasteiger partial charge in [-0.05, 0) is 30.5 Å². The predicted octanol–water partition coefficient (Wildman–Crippen LogP) is 1.15. The van der Waals surface area contributed by atoms with Gasteiger partial charge in [-0.2, -0.15) is 5.10 Å². The molecule has 0 unspecified atom stereocenters. The van der Waals surface area contributed by atoms with Crippen LogP contribution in [0.2, 0.25) is 0 Å². The summed E-state index contributed by atoms with van der Waals surface area (Å²) in [7, 11) is 0. The van der Waals surface area contributed by atoms with Gasteiger partial charge in [0, 0.05) is 19.5 Å². The molecule has 0 aliphatic carbocycles.